The molecule has 0 N–H and O–H groups in total. The van der Waals surface area contributed by atoms with E-state index in [4.69, 9.17) is 11.6 Å². The lowest BCUT2D eigenvalue weighted by Gasteiger charge is -2.31. The van der Waals surface area contributed by atoms with Gasteiger partial charge in [0.2, 0.25) is 0 Å². The van der Waals surface area contributed by atoms with Crippen LogP contribution in [0.25, 0.3) is 0 Å². The van der Waals surface area contributed by atoms with Crippen molar-refractivity contribution in [2.45, 2.75) is 25.8 Å². The van der Waals surface area contributed by atoms with Crippen LogP contribution < -0.4 is 16.1 Å². The summed E-state index contributed by atoms with van der Waals surface area (Å²) >= 11 is 6.10. The van der Waals surface area contributed by atoms with Crippen molar-refractivity contribution in [3.05, 3.63) is 61.5 Å². The molecule has 0 atom stereocenters. The van der Waals surface area contributed by atoms with Crippen molar-refractivity contribution in [2.75, 3.05) is 18.0 Å². The third-order valence-corrected chi connectivity index (χ3v) is 4.75. The molecule has 1 fully saturated rings. The van der Waals surface area contributed by atoms with E-state index in [-0.39, 0.29) is 17.1 Å². The van der Waals surface area contributed by atoms with Crippen molar-refractivity contribution in [1.82, 2.24) is 9.13 Å². The van der Waals surface area contributed by atoms with Crippen molar-refractivity contribution in [1.29, 1.82) is 0 Å². The van der Waals surface area contributed by atoms with Gasteiger partial charge in [0.05, 0.1) is 6.54 Å². The van der Waals surface area contributed by atoms with Crippen LogP contribution in [0.3, 0.4) is 0 Å². The Hall–Kier alpha value is -2.08. The van der Waals surface area contributed by atoms with Gasteiger partial charge in [-0.2, -0.15) is 0 Å². The first-order valence-electron chi connectivity index (χ1n) is 7.97. The zero-order valence-corrected chi connectivity index (χ0v) is 14.2. The van der Waals surface area contributed by atoms with Crippen LogP contribution in [0, 0.1) is 5.82 Å². The van der Waals surface area contributed by atoms with Crippen molar-refractivity contribution in [3.8, 4) is 0 Å². The smallest absolute Gasteiger partial charge is 0.332 e. The van der Waals surface area contributed by atoms with E-state index >= 15 is 0 Å². The summed E-state index contributed by atoms with van der Waals surface area (Å²) in [6.45, 7) is 1.81. The Bertz CT molecular complexity index is 869. The molecule has 0 unspecified atom stereocenters. The lowest BCUT2D eigenvalue weighted by Crippen LogP contribution is -2.43. The van der Waals surface area contributed by atoms with E-state index in [0.717, 1.165) is 36.9 Å². The summed E-state index contributed by atoms with van der Waals surface area (Å²) in [4.78, 5) is 26.7. The molecule has 128 valence electrons. The molecule has 7 heteroatoms. The number of halogens is 2. The summed E-state index contributed by atoms with van der Waals surface area (Å²) in [5.74, 6) is 0.177. The molecule has 0 bridgehead atoms. The molecule has 1 aromatic carbocycles. The highest BCUT2D eigenvalue weighted by Crippen LogP contribution is 2.22. The van der Waals surface area contributed by atoms with E-state index in [0.29, 0.717) is 11.4 Å². The number of anilines is 1. The zero-order valence-electron chi connectivity index (χ0n) is 13.5. The summed E-state index contributed by atoms with van der Waals surface area (Å²) < 4.78 is 15.9. The van der Waals surface area contributed by atoms with Gasteiger partial charge in [-0.15, -0.1) is 0 Å². The van der Waals surface area contributed by atoms with Crippen molar-refractivity contribution in [2.24, 2.45) is 7.05 Å². The van der Waals surface area contributed by atoms with E-state index in [9.17, 15) is 14.0 Å². The molecule has 0 spiro atoms. The molecule has 1 aliphatic rings. The maximum Gasteiger partial charge on any atom is 0.332 e. The molecule has 5 nitrogen and oxygen atoms in total. The molecule has 0 aliphatic carbocycles. The first-order valence-corrected chi connectivity index (χ1v) is 8.35. The van der Waals surface area contributed by atoms with E-state index in [1.165, 1.54) is 29.8 Å². The molecule has 0 radical (unpaired) electrons. The monoisotopic (exact) mass is 351 g/mol. The topological polar surface area (TPSA) is 47.2 Å². The van der Waals surface area contributed by atoms with Gasteiger partial charge in [-0.1, -0.05) is 17.7 Å². The van der Waals surface area contributed by atoms with Crippen LogP contribution in [0.4, 0.5) is 10.2 Å². The second-order valence-corrected chi connectivity index (χ2v) is 6.46. The molecule has 1 aliphatic heterocycles. The van der Waals surface area contributed by atoms with Crippen LogP contribution >= 0.6 is 11.6 Å². The van der Waals surface area contributed by atoms with Crippen LogP contribution in [0.5, 0.6) is 0 Å². The summed E-state index contributed by atoms with van der Waals surface area (Å²) in [5, 5.41) is 0.264. The number of hydrogen-bond acceptors (Lipinski definition) is 3. The maximum absolute atomic E-state index is 13.2. The predicted molar refractivity (Wildman–Crippen MR) is 92.5 cm³/mol. The Labute approximate surface area is 143 Å². The highest BCUT2D eigenvalue weighted by atomic mass is 35.5. The predicted octanol–water partition coefficient (Wildman–Crippen LogP) is 2.38. The standard InChI is InChI=1S/C17H19ClFN3O2/c1-20-16(23)10-15(21-7-3-2-4-8-21)22(17(20)24)11-12-5-6-13(19)9-14(12)18/h5-6,9-10H,2-4,7-8,11H2,1H3. The van der Waals surface area contributed by atoms with Gasteiger partial charge in [-0.25, -0.2) is 9.18 Å². The molecule has 1 saturated heterocycles. The highest BCUT2D eigenvalue weighted by molar-refractivity contribution is 6.31. The minimum absolute atomic E-state index is 0.192. The van der Waals surface area contributed by atoms with Gasteiger partial charge in [0.1, 0.15) is 11.6 Å². The molecular weight excluding hydrogens is 333 g/mol. The Morgan fingerprint density at radius 1 is 1.12 bits per heavy atom. The average molecular weight is 352 g/mol. The first-order chi connectivity index (χ1) is 11.5. The fourth-order valence-electron chi connectivity index (χ4n) is 3.01. The summed E-state index contributed by atoms with van der Waals surface area (Å²) in [6, 6.07) is 5.60. The Kier molecular flexibility index (Phi) is 4.76. The quantitative estimate of drug-likeness (QED) is 0.853. The van der Waals surface area contributed by atoms with Gasteiger partial charge in [0.15, 0.2) is 0 Å². The third kappa shape index (κ3) is 3.24. The van der Waals surface area contributed by atoms with Gasteiger partial charge in [-0.05, 0) is 37.0 Å². The lowest BCUT2D eigenvalue weighted by atomic mass is 10.1. The molecule has 2 heterocycles. The Balaban J connectivity index is 2.09. The summed E-state index contributed by atoms with van der Waals surface area (Å²) in [6.07, 6.45) is 3.21. The SMILES string of the molecule is Cn1c(=O)cc(N2CCCCC2)n(Cc2ccc(F)cc2Cl)c1=O. The summed E-state index contributed by atoms with van der Waals surface area (Å²) in [7, 11) is 1.45. The van der Waals surface area contributed by atoms with Crippen molar-refractivity contribution < 1.29 is 4.39 Å². The number of benzene rings is 1. The van der Waals surface area contributed by atoms with E-state index in [1.54, 1.807) is 6.07 Å². The van der Waals surface area contributed by atoms with Gasteiger partial charge >= 0.3 is 5.69 Å². The first kappa shape index (κ1) is 16.8. The van der Waals surface area contributed by atoms with Gasteiger partial charge in [-0.3, -0.25) is 13.9 Å². The number of hydrogen-bond donors (Lipinski definition) is 0. The second kappa shape index (κ2) is 6.81. The highest BCUT2D eigenvalue weighted by Gasteiger charge is 2.18. The number of aromatic nitrogens is 2. The molecule has 0 saturated carbocycles. The normalized spacial score (nSPS) is 14.9. The van der Waals surface area contributed by atoms with E-state index < -0.39 is 11.5 Å². The van der Waals surface area contributed by atoms with Crippen molar-refractivity contribution >= 4 is 17.4 Å². The van der Waals surface area contributed by atoms with Crippen molar-refractivity contribution in [3.63, 3.8) is 0 Å². The van der Waals surface area contributed by atoms with Crippen LogP contribution in [0.1, 0.15) is 24.8 Å². The van der Waals surface area contributed by atoms with E-state index in [1.807, 2.05) is 0 Å². The van der Waals surface area contributed by atoms with Crippen LogP contribution in [-0.4, -0.2) is 22.2 Å². The van der Waals surface area contributed by atoms with Gasteiger partial charge in [0.25, 0.3) is 5.56 Å². The van der Waals surface area contributed by atoms with Crippen LogP contribution in [0.2, 0.25) is 5.02 Å². The minimum Gasteiger partial charge on any atom is -0.358 e. The molecule has 0 amide bonds. The van der Waals surface area contributed by atoms with Gasteiger partial charge in [0, 0.05) is 31.2 Å². The Morgan fingerprint density at radius 2 is 1.83 bits per heavy atom. The maximum atomic E-state index is 13.2. The van der Waals surface area contributed by atoms with E-state index in [2.05, 4.69) is 4.90 Å². The number of rotatable bonds is 3. The molecule has 1 aromatic heterocycles. The fourth-order valence-corrected chi connectivity index (χ4v) is 3.24. The lowest BCUT2D eigenvalue weighted by molar-refractivity contribution is 0.547. The summed E-state index contributed by atoms with van der Waals surface area (Å²) in [5.41, 5.74) is -0.0948. The number of nitrogens with zero attached hydrogens (tertiary/aromatic N) is 3. The molecule has 2 aromatic rings. The van der Waals surface area contributed by atoms with Gasteiger partial charge < -0.3 is 4.90 Å². The largest absolute Gasteiger partial charge is 0.358 e. The molecule has 24 heavy (non-hydrogen) atoms. The van der Waals surface area contributed by atoms with Crippen LogP contribution in [-0.2, 0) is 13.6 Å². The second-order valence-electron chi connectivity index (χ2n) is 6.05. The molecular formula is C17H19ClFN3O2. The Morgan fingerprint density at radius 3 is 2.50 bits per heavy atom. The molecule has 3 rings (SSSR count). The third-order valence-electron chi connectivity index (χ3n) is 4.40. The minimum atomic E-state index is -0.423. The number of piperidine rings is 1. The fraction of sp³-hybridized carbons (Fsp3) is 0.412. The van der Waals surface area contributed by atoms with Crippen LogP contribution in [0.15, 0.2) is 33.9 Å². The average Bonchev–Trinajstić information content (AvgIpc) is 2.58. The zero-order chi connectivity index (χ0) is 17.3.